The van der Waals surface area contributed by atoms with Crippen LogP contribution in [0.2, 0.25) is 0 Å². The Labute approximate surface area is 90.9 Å². The molecule has 7 heteroatoms. The molecule has 0 aliphatic carbocycles. The standard InChI is InChI=1S/C6H6.CHNO.Cl2O2S/c1-2-4-6-5-3-1;2-1-3;1-5(2,3)4/h1-6H;2H;. The van der Waals surface area contributed by atoms with Gasteiger partial charge in [-0.3, -0.25) is 0 Å². The predicted molar refractivity (Wildman–Crippen MR) is 55.5 cm³/mol. The van der Waals surface area contributed by atoms with Gasteiger partial charge in [0.2, 0.25) is 6.08 Å². The highest BCUT2D eigenvalue weighted by molar-refractivity contribution is 8.31. The molecule has 0 aliphatic heterocycles. The van der Waals surface area contributed by atoms with Crippen LogP contribution < -0.4 is 0 Å². The van der Waals surface area contributed by atoms with Crippen molar-refractivity contribution in [2.45, 2.75) is 0 Å². The first-order valence-corrected chi connectivity index (χ1v) is 6.23. The molecule has 0 saturated carbocycles. The van der Waals surface area contributed by atoms with E-state index in [9.17, 15) is 0 Å². The Morgan fingerprint density at radius 1 is 0.929 bits per heavy atom. The van der Waals surface area contributed by atoms with Gasteiger partial charge in [-0.2, -0.15) is 8.42 Å². The summed E-state index contributed by atoms with van der Waals surface area (Å²) >= 11 is 0. The topological polar surface area (TPSA) is 75.1 Å². The van der Waals surface area contributed by atoms with Crippen molar-refractivity contribution < 1.29 is 13.2 Å². The Bertz CT molecular complexity index is 312. The van der Waals surface area contributed by atoms with E-state index < -0.39 is 8.26 Å². The number of isocyanates is 1. The maximum Gasteiger partial charge on any atom is 0.317 e. The zero-order valence-electron chi connectivity index (χ0n) is 6.85. The third-order valence-electron chi connectivity index (χ3n) is 0.667. The van der Waals surface area contributed by atoms with Crippen LogP contribution in [0.5, 0.6) is 0 Å². The van der Waals surface area contributed by atoms with Gasteiger partial charge in [0, 0.05) is 21.4 Å². The summed E-state index contributed by atoms with van der Waals surface area (Å²) in [6.45, 7) is 0. The quantitative estimate of drug-likeness (QED) is 0.439. The van der Waals surface area contributed by atoms with Crippen molar-refractivity contribution in [1.29, 1.82) is 5.41 Å². The lowest BCUT2D eigenvalue weighted by atomic mass is 10.4. The van der Waals surface area contributed by atoms with Crippen molar-refractivity contribution >= 4 is 35.7 Å². The summed E-state index contributed by atoms with van der Waals surface area (Å²) in [5.74, 6) is 0. The number of benzene rings is 1. The second-order valence-corrected chi connectivity index (χ2v) is 5.30. The van der Waals surface area contributed by atoms with Gasteiger partial charge in [0.15, 0.2) is 0 Å². The van der Waals surface area contributed by atoms with Gasteiger partial charge >= 0.3 is 8.26 Å². The first-order chi connectivity index (χ1) is 6.41. The van der Waals surface area contributed by atoms with E-state index in [1.54, 1.807) is 0 Å². The molecule has 0 amide bonds. The van der Waals surface area contributed by atoms with Crippen molar-refractivity contribution in [3.63, 3.8) is 0 Å². The molecule has 0 fully saturated rings. The molecule has 14 heavy (non-hydrogen) atoms. The number of carbonyl (C=O) groups excluding carboxylic acids is 1. The highest BCUT2D eigenvalue weighted by Gasteiger charge is 1.88. The minimum atomic E-state index is -3.72. The number of halogens is 2. The minimum absolute atomic E-state index is 0.750. The molecule has 0 unspecified atom stereocenters. The van der Waals surface area contributed by atoms with E-state index in [0.717, 1.165) is 6.08 Å². The summed E-state index contributed by atoms with van der Waals surface area (Å²) in [5, 5.41) is 5.40. The monoisotopic (exact) mass is 255 g/mol. The summed E-state index contributed by atoms with van der Waals surface area (Å²) in [6.07, 6.45) is 0.750. The van der Waals surface area contributed by atoms with Crippen LogP contribution in [0.3, 0.4) is 0 Å². The lowest BCUT2D eigenvalue weighted by Gasteiger charge is -1.69. The maximum atomic E-state index is 9.16. The molecule has 1 rings (SSSR count). The van der Waals surface area contributed by atoms with Gasteiger partial charge in [-0.15, -0.1) is 0 Å². The van der Waals surface area contributed by atoms with Crippen LogP contribution >= 0.6 is 21.4 Å². The van der Waals surface area contributed by atoms with Crippen LogP contribution in [0.1, 0.15) is 0 Å². The molecule has 0 saturated heterocycles. The average Bonchev–Trinajstić information content (AvgIpc) is 2.06. The van der Waals surface area contributed by atoms with E-state index in [1.165, 1.54) is 0 Å². The molecule has 0 aromatic heterocycles. The van der Waals surface area contributed by atoms with Crippen molar-refractivity contribution in [2.75, 3.05) is 0 Å². The third-order valence-corrected chi connectivity index (χ3v) is 0.667. The van der Waals surface area contributed by atoms with Crippen molar-refractivity contribution in [2.24, 2.45) is 0 Å². The molecule has 1 N–H and O–H groups in total. The van der Waals surface area contributed by atoms with Gasteiger partial charge < -0.3 is 0 Å². The lowest BCUT2D eigenvalue weighted by Crippen LogP contribution is -1.63. The molecule has 4 nitrogen and oxygen atoms in total. The van der Waals surface area contributed by atoms with Crippen LogP contribution in [-0.2, 0) is 13.1 Å². The molecule has 0 bridgehead atoms. The smallest absolute Gasteiger partial charge is 0.222 e. The third kappa shape index (κ3) is 43.4. The SMILES string of the molecule is N=C=O.O=S(=O)(Cl)Cl.c1ccccc1. The van der Waals surface area contributed by atoms with E-state index in [-0.39, 0.29) is 0 Å². The zero-order valence-corrected chi connectivity index (χ0v) is 9.18. The van der Waals surface area contributed by atoms with Crippen LogP contribution in [0.25, 0.3) is 0 Å². The minimum Gasteiger partial charge on any atom is -0.222 e. The van der Waals surface area contributed by atoms with E-state index in [2.05, 4.69) is 21.4 Å². The highest BCUT2D eigenvalue weighted by Crippen LogP contribution is 1.98. The average molecular weight is 256 g/mol. The summed E-state index contributed by atoms with van der Waals surface area (Å²) in [4.78, 5) is 8.35. The normalized spacial score (nSPS) is 8.14. The van der Waals surface area contributed by atoms with Crippen molar-refractivity contribution in [1.82, 2.24) is 0 Å². The van der Waals surface area contributed by atoms with Gasteiger partial charge in [-0.05, 0) is 0 Å². The zero-order chi connectivity index (χ0) is 11.4. The highest BCUT2D eigenvalue weighted by atomic mass is 36.0. The molecular weight excluding hydrogens is 249 g/mol. The Kier molecular flexibility index (Phi) is 11.4. The second-order valence-electron chi connectivity index (χ2n) is 1.64. The Balaban J connectivity index is 0. The maximum absolute atomic E-state index is 9.16. The second kappa shape index (κ2) is 10.2. The van der Waals surface area contributed by atoms with E-state index in [1.807, 2.05) is 36.4 Å². The van der Waals surface area contributed by atoms with Crippen molar-refractivity contribution in [3.05, 3.63) is 36.4 Å². The van der Waals surface area contributed by atoms with E-state index in [0.29, 0.717) is 0 Å². The molecule has 0 aliphatic rings. The summed E-state index contributed by atoms with van der Waals surface area (Å²) in [7, 11) is 4.81. The van der Waals surface area contributed by atoms with Gasteiger partial charge in [0.1, 0.15) is 0 Å². The van der Waals surface area contributed by atoms with Crippen LogP contribution in [0.15, 0.2) is 36.4 Å². The van der Waals surface area contributed by atoms with Crippen LogP contribution in [0.4, 0.5) is 0 Å². The summed E-state index contributed by atoms with van der Waals surface area (Å²) in [5.41, 5.74) is 0. The number of hydrogen-bond acceptors (Lipinski definition) is 4. The van der Waals surface area contributed by atoms with E-state index in [4.69, 9.17) is 18.6 Å². The lowest BCUT2D eigenvalue weighted by molar-refractivity contribution is 0.562. The molecule has 78 valence electrons. The largest absolute Gasteiger partial charge is 0.317 e. The molecule has 0 atom stereocenters. The Hall–Kier alpha value is -0.870. The van der Waals surface area contributed by atoms with Crippen LogP contribution in [0, 0.1) is 5.41 Å². The van der Waals surface area contributed by atoms with E-state index >= 15 is 0 Å². The number of rotatable bonds is 0. The molecule has 0 radical (unpaired) electrons. The number of hydrogen-bond donors (Lipinski definition) is 1. The van der Waals surface area contributed by atoms with Gasteiger partial charge in [0.05, 0.1) is 0 Å². The van der Waals surface area contributed by atoms with Crippen LogP contribution in [-0.4, -0.2) is 14.5 Å². The van der Waals surface area contributed by atoms with Gasteiger partial charge in [0.25, 0.3) is 0 Å². The number of nitrogens with one attached hydrogen (secondary N) is 1. The molecule has 1 aromatic carbocycles. The molecule has 0 spiro atoms. The molecule has 1 aromatic rings. The predicted octanol–water partition coefficient (Wildman–Crippen LogP) is 2.30. The summed E-state index contributed by atoms with van der Waals surface area (Å²) in [6, 6.07) is 12.0. The first-order valence-electron chi connectivity index (χ1n) is 3.10. The summed E-state index contributed by atoms with van der Waals surface area (Å²) < 4.78 is 18.3. The van der Waals surface area contributed by atoms with Gasteiger partial charge in [-0.1, -0.05) is 36.4 Å². The van der Waals surface area contributed by atoms with Crippen molar-refractivity contribution in [3.8, 4) is 0 Å². The Morgan fingerprint density at radius 3 is 1.07 bits per heavy atom. The van der Waals surface area contributed by atoms with Gasteiger partial charge in [-0.25, -0.2) is 10.2 Å². The fourth-order valence-electron chi connectivity index (χ4n) is 0.385. The fraction of sp³-hybridized carbons (Fsp3) is 0. The fourth-order valence-corrected chi connectivity index (χ4v) is 0.385. The first kappa shape index (κ1) is 15.6. The molecule has 0 heterocycles. The Morgan fingerprint density at radius 2 is 1.00 bits per heavy atom. The molecular formula is C7H7Cl2NO3S.